The Morgan fingerprint density at radius 3 is 2.58 bits per heavy atom. The van der Waals surface area contributed by atoms with E-state index in [-0.39, 0.29) is 6.61 Å². The summed E-state index contributed by atoms with van der Waals surface area (Å²) in [4.78, 5) is 0. The molecular formula is C16H17NO2. The van der Waals surface area contributed by atoms with Gasteiger partial charge in [-0.25, -0.2) is 0 Å². The fourth-order valence-electron chi connectivity index (χ4n) is 2.69. The Morgan fingerprint density at radius 2 is 1.89 bits per heavy atom. The van der Waals surface area contributed by atoms with Gasteiger partial charge >= 0.3 is 0 Å². The second-order valence-electron chi connectivity index (χ2n) is 4.64. The highest BCUT2D eigenvalue weighted by atomic mass is 16.5. The van der Waals surface area contributed by atoms with E-state index in [1.54, 1.807) is 7.11 Å². The molecule has 0 bridgehead atoms. The Labute approximate surface area is 112 Å². The summed E-state index contributed by atoms with van der Waals surface area (Å²) in [6.07, 6.45) is 0. The van der Waals surface area contributed by atoms with E-state index in [1.807, 2.05) is 12.1 Å². The lowest BCUT2D eigenvalue weighted by atomic mass is 10.1. The van der Waals surface area contributed by atoms with E-state index in [4.69, 9.17) is 4.74 Å². The van der Waals surface area contributed by atoms with Crippen LogP contribution in [0.15, 0.2) is 36.4 Å². The molecular weight excluding hydrogens is 238 g/mol. The number of fused-ring (bicyclic) bond motifs is 3. The molecule has 3 nitrogen and oxygen atoms in total. The van der Waals surface area contributed by atoms with Gasteiger partial charge in [-0.15, -0.1) is 0 Å². The van der Waals surface area contributed by atoms with Crippen molar-refractivity contribution in [3.63, 3.8) is 0 Å². The van der Waals surface area contributed by atoms with Gasteiger partial charge in [-0.1, -0.05) is 6.07 Å². The number of aliphatic hydroxyl groups is 1. The van der Waals surface area contributed by atoms with E-state index < -0.39 is 0 Å². The minimum absolute atomic E-state index is 0.0743. The molecule has 0 saturated heterocycles. The van der Waals surface area contributed by atoms with Gasteiger partial charge in [-0.05, 0) is 36.8 Å². The fraction of sp³-hybridized carbons (Fsp3) is 0.250. The highest BCUT2D eigenvalue weighted by molar-refractivity contribution is 6.08. The zero-order valence-corrected chi connectivity index (χ0v) is 11.2. The number of hydrogen-bond acceptors (Lipinski definition) is 2. The minimum atomic E-state index is 0.0743. The standard InChI is InChI=1S/C16H17NO2/c1-3-17-15-7-4-11(10-18)8-14(15)13-6-5-12(19-2)9-16(13)17/h4-9,18H,3,10H2,1-2H3. The minimum Gasteiger partial charge on any atom is -0.497 e. The van der Waals surface area contributed by atoms with Crippen molar-refractivity contribution in [2.45, 2.75) is 20.1 Å². The van der Waals surface area contributed by atoms with Crippen LogP contribution in [0.25, 0.3) is 21.8 Å². The average molecular weight is 255 g/mol. The van der Waals surface area contributed by atoms with Crippen LogP contribution in [0.3, 0.4) is 0 Å². The molecule has 19 heavy (non-hydrogen) atoms. The summed E-state index contributed by atoms with van der Waals surface area (Å²) < 4.78 is 7.58. The van der Waals surface area contributed by atoms with Crippen LogP contribution < -0.4 is 4.74 Å². The maximum absolute atomic E-state index is 9.29. The first-order valence-corrected chi connectivity index (χ1v) is 6.48. The van der Waals surface area contributed by atoms with Crippen LogP contribution in [-0.4, -0.2) is 16.8 Å². The quantitative estimate of drug-likeness (QED) is 0.779. The summed E-state index contributed by atoms with van der Waals surface area (Å²) >= 11 is 0. The number of benzene rings is 2. The number of aryl methyl sites for hydroxylation is 1. The molecule has 98 valence electrons. The average Bonchev–Trinajstić information content (AvgIpc) is 2.78. The van der Waals surface area contributed by atoms with Crippen LogP contribution >= 0.6 is 0 Å². The Kier molecular flexibility index (Phi) is 2.91. The number of rotatable bonds is 3. The van der Waals surface area contributed by atoms with E-state index in [1.165, 1.54) is 21.8 Å². The summed E-state index contributed by atoms with van der Waals surface area (Å²) in [5.74, 6) is 0.868. The molecule has 0 radical (unpaired) electrons. The summed E-state index contributed by atoms with van der Waals surface area (Å²) in [5, 5.41) is 11.7. The van der Waals surface area contributed by atoms with Gasteiger partial charge in [0, 0.05) is 28.9 Å². The first-order chi connectivity index (χ1) is 9.28. The third-order valence-electron chi connectivity index (χ3n) is 3.64. The van der Waals surface area contributed by atoms with Crippen molar-refractivity contribution in [3.05, 3.63) is 42.0 Å². The SMILES string of the molecule is CCn1c2ccc(CO)cc2c2ccc(OC)cc21. The van der Waals surface area contributed by atoms with Crippen LogP contribution in [0.4, 0.5) is 0 Å². The zero-order valence-electron chi connectivity index (χ0n) is 11.2. The number of aliphatic hydroxyl groups excluding tert-OH is 1. The number of hydrogen-bond donors (Lipinski definition) is 1. The molecule has 3 aromatic rings. The van der Waals surface area contributed by atoms with Gasteiger partial charge in [0.25, 0.3) is 0 Å². The molecule has 0 saturated carbocycles. The maximum Gasteiger partial charge on any atom is 0.120 e. The van der Waals surface area contributed by atoms with E-state index in [2.05, 4.69) is 35.8 Å². The Hall–Kier alpha value is -2.00. The fourth-order valence-corrected chi connectivity index (χ4v) is 2.69. The topological polar surface area (TPSA) is 34.4 Å². The van der Waals surface area contributed by atoms with Crippen LogP contribution in [-0.2, 0) is 13.2 Å². The van der Waals surface area contributed by atoms with Crippen LogP contribution in [0.5, 0.6) is 5.75 Å². The second-order valence-corrected chi connectivity index (χ2v) is 4.64. The number of methoxy groups -OCH3 is 1. The molecule has 0 unspecified atom stereocenters. The molecule has 3 rings (SSSR count). The third kappa shape index (κ3) is 1.78. The van der Waals surface area contributed by atoms with Gasteiger partial charge < -0.3 is 14.4 Å². The van der Waals surface area contributed by atoms with Gasteiger partial charge in [0.05, 0.1) is 19.2 Å². The van der Waals surface area contributed by atoms with Crippen LogP contribution in [0.1, 0.15) is 12.5 Å². The molecule has 0 aliphatic heterocycles. The van der Waals surface area contributed by atoms with Crippen molar-refractivity contribution >= 4 is 21.8 Å². The number of aromatic nitrogens is 1. The van der Waals surface area contributed by atoms with E-state index >= 15 is 0 Å². The molecule has 3 heteroatoms. The maximum atomic E-state index is 9.29. The molecule has 0 spiro atoms. The highest BCUT2D eigenvalue weighted by Gasteiger charge is 2.10. The monoisotopic (exact) mass is 255 g/mol. The Balaban J connectivity index is 2.42. The summed E-state index contributed by atoms with van der Waals surface area (Å²) in [7, 11) is 1.68. The molecule has 0 aliphatic rings. The van der Waals surface area contributed by atoms with E-state index in [0.29, 0.717) is 0 Å². The zero-order chi connectivity index (χ0) is 13.4. The lowest BCUT2D eigenvalue weighted by Crippen LogP contribution is -1.93. The van der Waals surface area contributed by atoms with E-state index in [9.17, 15) is 5.11 Å². The predicted molar refractivity (Wildman–Crippen MR) is 77.6 cm³/mol. The first-order valence-electron chi connectivity index (χ1n) is 6.48. The largest absolute Gasteiger partial charge is 0.497 e. The van der Waals surface area contributed by atoms with Crippen LogP contribution in [0, 0.1) is 0 Å². The second kappa shape index (κ2) is 4.59. The van der Waals surface area contributed by atoms with Crippen molar-refractivity contribution in [3.8, 4) is 5.75 Å². The van der Waals surface area contributed by atoms with Crippen molar-refractivity contribution in [1.29, 1.82) is 0 Å². The summed E-state index contributed by atoms with van der Waals surface area (Å²) in [6.45, 7) is 3.12. The molecule has 2 aromatic carbocycles. The van der Waals surface area contributed by atoms with Crippen molar-refractivity contribution in [2.75, 3.05) is 7.11 Å². The van der Waals surface area contributed by atoms with Gasteiger partial charge in [0.15, 0.2) is 0 Å². The predicted octanol–water partition coefficient (Wildman–Crippen LogP) is 3.32. The van der Waals surface area contributed by atoms with Crippen molar-refractivity contribution in [1.82, 2.24) is 4.57 Å². The smallest absolute Gasteiger partial charge is 0.120 e. The summed E-state index contributed by atoms with van der Waals surface area (Å²) in [5.41, 5.74) is 3.31. The van der Waals surface area contributed by atoms with Crippen molar-refractivity contribution < 1.29 is 9.84 Å². The molecule has 0 amide bonds. The lowest BCUT2D eigenvalue weighted by molar-refractivity contribution is 0.282. The van der Waals surface area contributed by atoms with Crippen molar-refractivity contribution in [2.24, 2.45) is 0 Å². The molecule has 0 fully saturated rings. The number of ether oxygens (including phenoxy) is 1. The Morgan fingerprint density at radius 1 is 1.05 bits per heavy atom. The van der Waals surface area contributed by atoms with Crippen LogP contribution in [0.2, 0.25) is 0 Å². The molecule has 1 aromatic heterocycles. The normalized spacial score (nSPS) is 11.3. The van der Waals surface area contributed by atoms with Gasteiger partial charge in [-0.2, -0.15) is 0 Å². The van der Waals surface area contributed by atoms with Gasteiger partial charge in [-0.3, -0.25) is 0 Å². The van der Waals surface area contributed by atoms with Gasteiger partial charge in [0.2, 0.25) is 0 Å². The lowest BCUT2D eigenvalue weighted by Gasteiger charge is -2.04. The first kappa shape index (κ1) is 12.1. The highest BCUT2D eigenvalue weighted by Crippen LogP contribution is 2.32. The molecule has 0 aliphatic carbocycles. The third-order valence-corrected chi connectivity index (χ3v) is 3.64. The van der Waals surface area contributed by atoms with E-state index in [0.717, 1.165) is 17.9 Å². The summed E-state index contributed by atoms with van der Waals surface area (Å²) in [6, 6.07) is 12.3. The van der Waals surface area contributed by atoms with Gasteiger partial charge in [0.1, 0.15) is 5.75 Å². The molecule has 1 N–H and O–H groups in total. The molecule has 0 atom stereocenters. The Bertz CT molecular complexity index is 743. The molecule has 1 heterocycles. The number of nitrogens with zero attached hydrogens (tertiary/aromatic N) is 1.